The van der Waals surface area contributed by atoms with Gasteiger partial charge in [-0.3, -0.25) is 0 Å². The summed E-state index contributed by atoms with van der Waals surface area (Å²) in [6, 6.07) is 0. The minimum absolute atomic E-state index is 0.0878. The highest BCUT2D eigenvalue weighted by Crippen LogP contribution is 2.24. The first-order chi connectivity index (χ1) is 6.81. The van der Waals surface area contributed by atoms with E-state index in [0.29, 0.717) is 0 Å². The fraction of sp³-hybridized carbons (Fsp3) is 0.875. The second-order valence-electron chi connectivity index (χ2n) is 3.68. The van der Waals surface area contributed by atoms with Crippen molar-refractivity contribution in [2.24, 2.45) is 5.41 Å². The molecule has 0 aliphatic carbocycles. The van der Waals surface area contributed by atoms with E-state index in [9.17, 15) is 4.79 Å². The standard InChI is InChI=1S/C8H16O4S3/c1-7(2-9,3-10)4-12-6(11)8(14,15)5-13/h9-10,13-15H,2-5H2,1H3. The fourth-order valence-electron chi connectivity index (χ4n) is 0.561. The Balaban J connectivity index is 4.22. The summed E-state index contributed by atoms with van der Waals surface area (Å²) in [7, 11) is 0. The molecule has 0 aliphatic heterocycles. The average Bonchev–Trinajstić information content (AvgIpc) is 2.25. The van der Waals surface area contributed by atoms with Gasteiger partial charge in [-0.1, -0.05) is 6.92 Å². The van der Waals surface area contributed by atoms with Gasteiger partial charge in [-0.25, -0.2) is 4.79 Å². The van der Waals surface area contributed by atoms with Crippen LogP contribution in [0.3, 0.4) is 0 Å². The first-order valence-electron chi connectivity index (χ1n) is 4.26. The van der Waals surface area contributed by atoms with Crippen molar-refractivity contribution in [3.05, 3.63) is 0 Å². The Morgan fingerprint density at radius 3 is 2.13 bits per heavy atom. The van der Waals surface area contributed by atoms with Gasteiger partial charge in [0.25, 0.3) is 0 Å². The first kappa shape index (κ1) is 15.4. The Labute approximate surface area is 106 Å². The number of ether oxygens (including phenoxy) is 1. The van der Waals surface area contributed by atoms with E-state index in [0.717, 1.165) is 0 Å². The number of hydrogen-bond donors (Lipinski definition) is 5. The van der Waals surface area contributed by atoms with Gasteiger partial charge in [0.1, 0.15) is 6.61 Å². The highest BCUT2D eigenvalue weighted by Gasteiger charge is 2.33. The molecule has 2 N–H and O–H groups in total. The number of esters is 1. The van der Waals surface area contributed by atoms with Gasteiger partial charge in [-0.05, 0) is 0 Å². The smallest absolute Gasteiger partial charge is 0.332 e. The zero-order valence-corrected chi connectivity index (χ0v) is 11.1. The van der Waals surface area contributed by atoms with E-state index in [1.165, 1.54) is 0 Å². The molecule has 0 spiro atoms. The molecule has 0 fully saturated rings. The maximum absolute atomic E-state index is 11.4. The molecule has 0 saturated carbocycles. The average molecular weight is 272 g/mol. The van der Waals surface area contributed by atoms with E-state index in [1.54, 1.807) is 6.92 Å². The maximum Gasteiger partial charge on any atom is 0.332 e. The number of thiol groups is 3. The third kappa shape index (κ3) is 4.86. The van der Waals surface area contributed by atoms with Crippen molar-refractivity contribution < 1.29 is 19.7 Å². The quantitative estimate of drug-likeness (QED) is 0.268. The molecule has 4 nitrogen and oxygen atoms in total. The Hall–Kier alpha value is 0.440. The monoisotopic (exact) mass is 272 g/mol. The molecule has 0 bridgehead atoms. The van der Waals surface area contributed by atoms with Crippen molar-refractivity contribution in [1.82, 2.24) is 0 Å². The highest BCUT2D eigenvalue weighted by molar-refractivity contribution is 8.03. The van der Waals surface area contributed by atoms with Gasteiger partial charge in [0.2, 0.25) is 0 Å². The molecule has 0 heterocycles. The Bertz CT molecular complexity index is 216. The molecule has 0 aliphatic rings. The van der Waals surface area contributed by atoms with Gasteiger partial charge < -0.3 is 14.9 Å². The third-order valence-corrected chi connectivity index (χ3v) is 3.52. The molecule has 7 heteroatoms. The zero-order chi connectivity index (χ0) is 12.1. The lowest BCUT2D eigenvalue weighted by molar-refractivity contribution is -0.148. The summed E-state index contributed by atoms with van der Waals surface area (Å²) in [5, 5.41) is 17.9. The van der Waals surface area contributed by atoms with Crippen LogP contribution in [0, 0.1) is 5.41 Å². The molecule has 0 amide bonds. The van der Waals surface area contributed by atoms with Gasteiger partial charge in [0.15, 0.2) is 4.08 Å². The van der Waals surface area contributed by atoms with E-state index in [1.807, 2.05) is 0 Å². The van der Waals surface area contributed by atoms with Gasteiger partial charge in [0, 0.05) is 11.2 Å². The Morgan fingerprint density at radius 1 is 1.33 bits per heavy atom. The molecule has 0 radical (unpaired) electrons. The second-order valence-corrected chi connectivity index (χ2v) is 5.87. The van der Waals surface area contributed by atoms with Crippen molar-refractivity contribution in [3.8, 4) is 0 Å². The van der Waals surface area contributed by atoms with Crippen LogP contribution >= 0.6 is 37.9 Å². The zero-order valence-electron chi connectivity index (χ0n) is 8.38. The summed E-state index contributed by atoms with van der Waals surface area (Å²) >= 11 is 11.8. The normalized spacial score (nSPS) is 12.7. The minimum Gasteiger partial charge on any atom is -0.463 e. The molecule has 0 aromatic heterocycles. The van der Waals surface area contributed by atoms with Crippen LogP contribution in [0.1, 0.15) is 6.92 Å². The molecule has 0 aromatic carbocycles. The lowest BCUT2D eigenvalue weighted by Gasteiger charge is -2.26. The lowest BCUT2D eigenvalue weighted by atomic mass is 9.95. The van der Waals surface area contributed by atoms with Crippen molar-refractivity contribution in [2.75, 3.05) is 25.6 Å². The van der Waals surface area contributed by atoms with Crippen molar-refractivity contribution in [3.63, 3.8) is 0 Å². The van der Waals surface area contributed by atoms with Gasteiger partial charge >= 0.3 is 5.97 Å². The Kier molecular flexibility index (Phi) is 6.43. The van der Waals surface area contributed by atoms with Crippen molar-refractivity contribution >= 4 is 43.9 Å². The molecule has 90 valence electrons. The summed E-state index contributed by atoms with van der Waals surface area (Å²) in [6.45, 7) is 0.961. The topological polar surface area (TPSA) is 66.8 Å². The summed E-state index contributed by atoms with van der Waals surface area (Å²) in [4.78, 5) is 11.4. The number of hydrogen-bond acceptors (Lipinski definition) is 7. The minimum atomic E-state index is -1.26. The number of aliphatic hydroxyl groups is 2. The highest BCUT2D eigenvalue weighted by atomic mass is 32.2. The van der Waals surface area contributed by atoms with Crippen LogP contribution in [0.5, 0.6) is 0 Å². The Morgan fingerprint density at radius 2 is 1.80 bits per heavy atom. The van der Waals surface area contributed by atoms with Crippen LogP contribution in [0.2, 0.25) is 0 Å². The van der Waals surface area contributed by atoms with E-state index >= 15 is 0 Å². The molecular weight excluding hydrogens is 256 g/mol. The number of aliphatic hydroxyl groups excluding tert-OH is 2. The maximum atomic E-state index is 11.4. The van der Waals surface area contributed by atoms with Crippen molar-refractivity contribution in [1.29, 1.82) is 0 Å². The third-order valence-electron chi connectivity index (χ3n) is 1.86. The number of carbonyl (C=O) groups excluding carboxylic acids is 1. The van der Waals surface area contributed by atoms with E-state index in [4.69, 9.17) is 14.9 Å². The number of rotatable bonds is 6. The predicted octanol–water partition coefficient (Wildman–Crippen LogP) is 0.00620. The lowest BCUT2D eigenvalue weighted by Crippen LogP contribution is -2.37. The molecule has 0 rings (SSSR count). The molecule has 0 aromatic rings. The predicted molar refractivity (Wildman–Crippen MR) is 67.8 cm³/mol. The summed E-state index contributed by atoms with van der Waals surface area (Å²) in [5.74, 6) is -0.523. The molecule has 0 atom stereocenters. The molecule has 0 unspecified atom stereocenters. The summed E-state index contributed by atoms with van der Waals surface area (Å²) < 4.78 is 3.63. The van der Waals surface area contributed by atoms with E-state index < -0.39 is 15.5 Å². The summed E-state index contributed by atoms with van der Waals surface area (Å²) in [6.07, 6.45) is 0. The number of carbonyl (C=O) groups is 1. The van der Waals surface area contributed by atoms with Gasteiger partial charge in [-0.15, -0.1) is 25.3 Å². The van der Waals surface area contributed by atoms with Crippen LogP contribution in [-0.4, -0.2) is 45.8 Å². The molecular formula is C8H16O4S3. The van der Waals surface area contributed by atoms with Gasteiger partial charge in [-0.2, -0.15) is 12.6 Å². The van der Waals surface area contributed by atoms with Crippen molar-refractivity contribution in [2.45, 2.75) is 11.0 Å². The van der Waals surface area contributed by atoms with Crippen LogP contribution in [0.25, 0.3) is 0 Å². The van der Waals surface area contributed by atoms with Crippen LogP contribution in [0.4, 0.5) is 0 Å². The van der Waals surface area contributed by atoms with Crippen LogP contribution in [0.15, 0.2) is 0 Å². The molecule has 0 saturated heterocycles. The largest absolute Gasteiger partial charge is 0.463 e. The van der Waals surface area contributed by atoms with Crippen LogP contribution in [-0.2, 0) is 9.53 Å². The molecule has 15 heavy (non-hydrogen) atoms. The second kappa shape index (κ2) is 6.24. The summed E-state index contributed by atoms with van der Waals surface area (Å²) in [5.41, 5.74) is -0.843. The SMILES string of the molecule is CC(CO)(CO)COC(=O)C(S)(S)CS. The van der Waals surface area contributed by atoms with E-state index in [-0.39, 0.29) is 25.6 Å². The van der Waals surface area contributed by atoms with Crippen LogP contribution < -0.4 is 0 Å². The fourth-order valence-corrected chi connectivity index (χ4v) is 0.819. The van der Waals surface area contributed by atoms with E-state index in [2.05, 4.69) is 37.9 Å². The van der Waals surface area contributed by atoms with Gasteiger partial charge in [0.05, 0.1) is 13.2 Å². The first-order valence-corrected chi connectivity index (χ1v) is 5.78.